The number of benzene rings is 1. The van der Waals surface area contributed by atoms with E-state index in [2.05, 4.69) is 55.4 Å². The van der Waals surface area contributed by atoms with E-state index >= 15 is 0 Å². The molecule has 1 N–H and O–H groups in total. The largest absolute Gasteiger partial charge is 0.314 e. The zero-order valence-electron chi connectivity index (χ0n) is 13.4. The maximum atomic E-state index is 3.74. The molecule has 0 spiro atoms. The van der Waals surface area contributed by atoms with E-state index in [-0.39, 0.29) is 0 Å². The van der Waals surface area contributed by atoms with Crippen molar-refractivity contribution in [1.82, 2.24) is 10.2 Å². The second-order valence-corrected chi connectivity index (χ2v) is 6.37. The molecular formula is C18H30N2. The van der Waals surface area contributed by atoms with E-state index in [0.717, 1.165) is 18.5 Å². The van der Waals surface area contributed by atoms with Gasteiger partial charge in [-0.3, -0.25) is 0 Å². The molecule has 1 aliphatic carbocycles. The minimum atomic E-state index is 0.745. The van der Waals surface area contributed by atoms with Gasteiger partial charge in [-0.25, -0.2) is 0 Å². The fourth-order valence-electron chi connectivity index (χ4n) is 3.40. The molecular weight excluding hydrogens is 244 g/mol. The Balaban J connectivity index is 1.84. The van der Waals surface area contributed by atoms with Crippen LogP contribution in [-0.4, -0.2) is 31.1 Å². The van der Waals surface area contributed by atoms with E-state index in [1.165, 1.54) is 49.9 Å². The molecule has 2 heteroatoms. The fourth-order valence-corrected chi connectivity index (χ4v) is 3.40. The smallest absolute Gasteiger partial charge is 0.0233 e. The van der Waals surface area contributed by atoms with Crippen LogP contribution in [0, 0.1) is 12.8 Å². The van der Waals surface area contributed by atoms with Gasteiger partial charge in [0.2, 0.25) is 0 Å². The van der Waals surface area contributed by atoms with Gasteiger partial charge in [-0.05, 0) is 56.8 Å². The van der Waals surface area contributed by atoms with Gasteiger partial charge in [-0.15, -0.1) is 0 Å². The third-order valence-corrected chi connectivity index (χ3v) is 4.56. The lowest BCUT2D eigenvalue weighted by Gasteiger charge is -2.26. The summed E-state index contributed by atoms with van der Waals surface area (Å²) in [4.78, 5) is 2.50. The van der Waals surface area contributed by atoms with E-state index in [0.29, 0.717) is 0 Å². The van der Waals surface area contributed by atoms with Gasteiger partial charge in [0.25, 0.3) is 0 Å². The molecule has 2 rings (SSSR count). The van der Waals surface area contributed by atoms with Crippen LogP contribution < -0.4 is 5.32 Å². The summed E-state index contributed by atoms with van der Waals surface area (Å²) in [5.41, 5.74) is 2.87. The summed E-state index contributed by atoms with van der Waals surface area (Å²) in [6.45, 7) is 7.92. The van der Waals surface area contributed by atoms with Crippen molar-refractivity contribution in [2.24, 2.45) is 5.92 Å². The van der Waals surface area contributed by atoms with Crippen molar-refractivity contribution in [1.29, 1.82) is 0 Å². The Kier molecular flexibility index (Phi) is 6.06. The van der Waals surface area contributed by atoms with Crippen LogP contribution in [0.25, 0.3) is 0 Å². The van der Waals surface area contributed by atoms with Gasteiger partial charge < -0.3 is 10.2 Å². The predicted octanol–water partition coefficient (Wildman–Crippen LogP) is 3.60. The summed E-state index contributed by atoms with van der Waals surface area (Å²) in [5.74, 6) is 0.829. The Hall–Kier alpha value is -0.860. The van der Waals surface area contributed by atoms with Crippen LogP contribution in [-0.2, 0) is 6.54 Å². The molecule has 1 aromatic carbocycles. The third-order valence-electron chi connectivity index (χ3n) is 4.56. The molecule has 0 saturated heterocycles. The van der Waals surface area contributed by atoms with Crippen LogP contribution in [0.1, 0.15) is 43.7 Å². The van der Waals surface area contributed by atoms with E-state index in [1.807, 2.05) is 0 Å². The molecule has 1 saturated carbocycles. The first-order valence-corrected chi connectivity index (χ1v) is 8.17. The first-order valence-electron chi connectivity index (χ1n) is 8.17. The molecule has 2 atom stereocenters. The first-order chi connectivity index (χ1) is 9.70. The van der Waals surface area contributed by atoms with Gasteiger partial charge in [-0.2, -0.15) is 0 Å². The molecule has 112 valence electrons. The topological polar surface area (TPSA) is 15.3 Å². The van der Waals surface area contributed by atoms with Crippen LogP contribution in [0.5, 0.6) is 0 Å². The fraction of sp³-hybridized carbons (Fsp3) is 0.667. The summed E-state index contributed by atoms with van der Waals surface area (Å²) < 4.78 is 0. The van der Waals surface area contributed by atoms with E-state index in [1.54, 1.807) is 0 Å². The van der Waals surface area contributed by atoms with Crippen LogP contribution in [0.4, 0.5) is 0 Å². The van der Waals surface area contributed by atoms with Gasteiger partial charge in [0.15, 0.2) is 0 Å². The summed E-state index contributed by atoms with van der Waals surface area (Å²) >= 11 is 0. The minimum Gasteiger partial charge on any atom is -0.314 e. The summed E-state index contributed by atoms with van der Waals surface area (Å²) in [5, 5.41) is 3.74. The number of nitrogens with one attached hydrogen (secondary N) is 1. The molecule has 1 aromatic rings. The summed E-state index contributed by atoms with van der Waals surface area (Å²) in [7, 11) is 2.27. The van der Waals surface area contributed by atoms with Crippen molar-refractivity contribution in [3.63, 3.8) is 0 Å². The number of hydrogen-bond acceptors (Lipinski definition) is 2. The molecule has 0 radical (unpaired) electrons. The highest BCUT2D eigenvalue weighted by Gasteiger charge is 2.27. The van der Waals surface area contributed by atoms with Gasteiger partial charge in [0.1, 0.15) is 0 Å². The molecule has 1 fully saturated rings. The first kappa shape index (κ1) is 15.5. The number of nitrogens with zero attached hydrogens (tertiary/aromatic N) is 1. The molecule has 0 aliphatic heterocycles. The Labute approximate surface area is 124 Å². The van der Waals surface area contributed by atoms with E-state index in [4.69, 9.17) is 0 Å². The average molecular weight is 274 g/mol. The van der Waals surface area contributed by atoms with Crippen LogP contribution in [0.2, 0.25) is 0 Å². The van der Waals surface area contributed by atoms with Gasteiger partial charge >= 0.3 is 0 Å². The van der Waals surface area contributed by atoms with E-state index < -0.39 is 0 Å². The Morgan fingerprint density at radius 3 is 2.80 bits per heavy atom. The normalized spacial score (nSPS) is 22.6. The second kappa shape index (κ2) is 7.80. The standard InChI is InChI=1S/C18H30N2/c1-4-12-19-18-11-7-10-17(18)14-20(3)13-16-9-6-5-8-15(16)2/h5-6,8-9,17-19H,4,7,10-14H2,1-3H3. The molecule has 0 aromatic heterocycles. The maximum Gasteiger partial charge on any atom is 0.0233 e. The SMILES string of the molecule is CCCNC1CCCC1CN(C)Cc1ccccc1C. The van der Waals surface area contributed by atoms with Gasteiger partial charge in [-0.1, -0.05) is 37.6 Å². The number of rotatable bonds is 7. The number of hydrogen-bond donors (Lipinski definition) is 1. The zero-order valence-corrected chi connectivity index (χ0v) is 13.4. The average Bonchev–Trinajstić information content (AvgIpc) is 2.86. The van der Waals surface area contributed by atoms with Gasteiger partial charge in [0.05, 0.1) is 0 Å². The summed E-state index contributed by atoms with van der Waals surface area (Å²) in [6, 6.07) is 9.49. The molecule has 0 heterocycles. The van der Waals surface area contributed by atoms with Crippen LogP contribution in [0.15, 0.2) is 24.3 Å². The monoisotopic (exact) mass is 274 g/mol. The third kappa shape index (κ3) is 4.32. The minimum absolute atomic E-state index is 0.745. The molecule has 20 heavy (non-hydrogen) atoms. The van der Waals surface area contributed by atoms with Crippen molar-refractivity contribution in [3.8, 4) is 0 Å². The van der Waals surface area contributed by atoms with Gasteiger partial charge in [0, 0.05) is 19.1 Å². The van der Waals surface area contributed by atoms with Crippen molar-refractivity contribution in [2.75, 3.05) is 20.1 Å². The van der Waals surface area contributed by atoms with E-state index in [9.17, 15) is 0 Å². The quantitative estimate of drug-likeness (QED) is 0.817. The Bertz CT molecular complexity index is 402. The maximum absolute atomic E-state index is 3.74. The van der Waals surface area contributed by atoms with Crippen molar-refractivity contribution < 1.29 is 0 Å². The molecule has 2 unspecified atom stereocenters. The lowest BCUT2D eigenvalue weighted by molar-refractivity contribution is 0.244. The highest BCUT2D eigenvalue weighted by molar-refractivity contribution is 5.25. The predicted molar refractivity (Wildman–Crippen MR) is 86.9 cm³/mol. The Morgan fingerprint density at radius 2 is 2.05 bits per heavy atom. The zero-order chi connectivity index (χ0) is 14.4. The molecule has 0 amide bonds. The number of aryl methyl sites for hydroxylation is 1. The highest BCUT2D eigenvalue weighted by Crippen LogP contribution is 2.26. The molecule has 2 nitrogen and oxygen atoms in total. The highest BCUT2D eigenvalue weighted by atomic mass is 15.1. The van der Waals surface area contributed by atoms with Crippen LogP contribution >= 0.6 is 0 Å². The Morgan fingerprint density at radius 1 is 1.25 bits per heavy atom. The lowest BCUT2D eigenvalue weighted by Crippen LogP contribution is -2.38. The second-order valence-electron chi connectivity index (χ2n) is 6.37. The van der Waals surface area contributed by atoms with Crippen molar-refractivity contribution >= 4 is 0 Å². The molecule has 1 aliphatic rings. The van der Waals surface area contributed by atoms with Crippen LogP contribution in [0.3, 0.4) is 0 Å². The van der Waals surface area contributed by atoms with Crippen molar-refractivity contribution in [2.45, 2.75) is 52.1 Å². The summed E-state index contributed by atoms with van der Waals surface area (Å²) in [6.07, 6.45) is 5.38. The van der Waals surface area contributed by atoms with Crippen molar-refractivity contribution in [3.05, 3.63) is 35.4 Å². The lowest BCUT2D eigenvalue weighted by atomic mass is 10.0. The molecule has 0 bridgehead atoms.